The molecule has 0 radical (unpaired) electrons. The fourth-order valence-electron chi connectivity index (χ4n) is 3.21. The van der Waals surface area contributed by atoms with Gasteiger partial charge in [0, 0.05) is 30.9 Å². The third-order valence-electron chi connectivity index (χ3n) is 4.74. The summed E-state index contributed by atoms with van der Waals surface area (Å²) in [7, 11) is 0. The normalized spacial score (nSPS) is 10.7. The smallest absolute Gasteiger partial charge is 0.257 e. The molecule has 5 N–H and O–H groups in total. The minimum atomic E-state index is -0.398. The number of primary amides is 1. The zero-order valence-corrected chi connectivity index (χ0v) is 21.3. The summed E-state index contributed by atoms with van der Waals surface area (Å²) >= 11 is 6.22. The number of halogens is 1. The topological polar surface area (TPSA) is 134 Å². The Labute approximate surface area is 217 Å². The lowest BCUT2D eigenvalue weighted by Gasteiger charge is -2.06. The van der Waals surface area contributed by atoms with E-state index in [1.807, 2.05) is 18.2 Å². The molecule has 178 valence electrons. The Morgan fingerprint density at radius 1 is 1.03 bits per heavy atom. The Bertz CT molecular complexity index is 1400. The molecule has 0 aliphatic rings. The number of nitrogens with two attached hydrogens (primary N) is 1. The van der Waals surface area contributed by atoms with Crippen molar-refractivity contribution in [2.24, 2.45) is 5.73 Å². The second-order valence-electron chi connectivity index (χ2n) is 7.48. The van der Waals surface area contributed by atoms with E-state index in [-0.39, 0.29) is 30.4 Å². The fraction of sp³-hybridized carbons (Fsp3) is 0.0833. The molecule has 0 atom stereocenters. The van der Waals surface area contributed by atoms with E-state index in [1.165, 1.54) is 34.8 Å². The van der Waals surface area contributed by atoms with Crippen LogP contribution in [0.4, 0.5) is 10.8 Å². The first-order valence-electron chi connectivity index (χ1n) is 10.3. The number of aromatic nitrogens is 1. The highest BCUT2D eigenvalue weighted by Crippen LogP contribution is 2.37. The van der Waals surface area contributed by atoms with E-state index < -0.39 is 5.91 Å². The SMILES string of the molecule is NC(=O)Cc1cc(Br)c(-c2ccc(NC(=O)Cc3csc(NC(=O)c4cccc(O)c4)n3)cc2)s1. The van der Waals surface area contributed by atoms with Gasteiger partial charge >= 0.3 is 0 Å². The number of amides is 3. The predicted octanol–water partition coefficient (Wildman–Crippen LogP) is 4.80. The van der Waals surface area contributed by atoms with E-state index in [4.69, 9.17) is 5.73 Å². The number of phenols is 1. The summed E-state index contributed by atoms with van der Waals surface area (Å²) in [4.78, 5) is 42.1. The molecule has 4 aromatic rings. The van der Waals surface area contributed by atoms with Crippen LogP contribution in [0.15, 0.2) is 64.5 Å². The standard InChI is InChI=1S/C24H19BrN4O4S2/c25-19-10-18(11-20(26)31)35-22(19)13-4-6-15(7-5-13)27-21(32)9-16-12-34-24(28-16)29-23(33)14-2-1-3-17(30)8-14/h1-8,10,12,30H,9,11H2,(H2,26,31)(H,27,32)(H,28,29,33). The second-order valence-corrected chi connectivity index (χ2v) is 10.3. The number of hydrogen-bond donors (Lipinski definition) is 4. The van der Waals surface area contributed by atoms with Gasteiger partial charge in [-0.15, -0.1) is 22.7 Å². The van der Waals surface area contributed by atoms with Crippen LogP contribution < -0.4 is 16.4 Å². The number of thiazole rings is 1. The summed E-state index contributed by atoms with van der Waals surface area (Å²) in [6.45, 7) is 0. The largest absolute Gasteiger partial charge is 0.508 e. The van der Waals surface area contributed by atoms with Crippen molar-refractivity contribution in [3.8, 4) is 16.2 Å². The average Bonchev–Trinajstić information content (AvgIpc) is 3.39. The van der Waals surface area contributed by atoms with Gasteiger partial charge in [0.15, 0.2) is 5.13 Å². The third-order valence-corrected chi connectivity index (χ3v) is 7.62. The Hall–Kier alpha value is -3.54. The summed E-state index contributed by atoms with van der Waals surface area (Å²) in [6.07, 6.45) is 0.239. The number of benzene rings is 2. The molecule has 0 spiro atoms. The lowest BCUT2D eigenvalue weighted by atomic mass is 10.1. The first-order valence-corrected chi connectivity index (χ1v) is 12.8. The molecular weight excluding hydrogens is 552 g/mol. The van der Waals surface area contributed by atoms with E-state index >= 15 is 0 Å². The van der Waals surface area contributed by atoms with Gasteiger partial charge in [0.25, 0.3) is 5.91 Å². The maximum absolute atomic E-state index is 12.5. The molecule has 0 aliphatic heterocycles. The molecule has 0 unspecified atom stereocenters. The van der Waals surface area contributed by atoms with Crippen LogP contribution in [-0.4, -0.2) is 27.8 Å². The number of anilines is 2. The van der Waals surface area contributed by atoms with Crippen molar-refractivity contribution in [3.05, 3.63) is 80.6 Å². The van der Waals surface area contributed by atoms with E-state index in [0.29, 0.717) is 22.1 Å². The third kappa shape index (κ3) is 6.53. The van der Waals surface area contributed by atoms with Gasteiger partial charge in [-0.25, -0.2) is 4.98 Å². The molecule has 0 aliphatic carbocycles. The van der Waals surface area contributed by atoms with Gasteiger partial charge in [0.1, 0.15) is 5.75 Å². The molecule has 0 bridgehead atoms. The maximum atomic E-state index is 12.5. The van der Waals surface area contributed by atoms with Crippen molar-refractivity contribution in [2.45, 2.75) is 12.8 Å². The Morgan fingerprint density at radius 2 is 1.80 bits per heavy atom. The lowest BCUT2D eigenvalue weighted by Crippen LogP contribution is -2.15. The van der Waals surface area contributed by atoms with Crippen LogP contribution in [0, 0.1) is 0 Å². The zero-order valence-electron chi connectivity index (χ0n) is 18.1. The highest BCUT2D eigenvalue weighted by molar-refractivity contribution is 9.10. The lowest BCUT2D eigenvalue weighted by molar-refractivity contribution is -0.117. The van der Waals surface area contributed by atoms with E-state index in [1.54, 1.807) is 29.6 Å². The number of phenolic OH excluding ortho intramolecular Hbond substituents is 1. The molecule has 0 saturated carbocycles. The minimum absolute atomic E-state index is 0.00182. The summed E-state index contributed by atoms with van der Waals surface area (Å²) < 4.78 is 0.881. The van der Waals surface area contributed by atoms with Crippen LogP contribution in [0.1, 0.15) is 20.9 Å². The number of nitrogens with one attached hydrogen (secondary N) is 2. The molecule has 2 aromatic heterocycles. The number of hydrogen-bond acceptors (Lipinski definition) is 7. The average molecular weight is 571 g/mol. The second kappa shape index (κ2) is 10.8. The van der Waals surface area contributed by atoms with Crippen LogP contribution in [0.3, 0.4) is 0 Å². The van der Waals surface area contributed by atoms with E-state index in [9.17, 15) is 19.5 Å². The number of aromatic hydroxyl groups is 1. The molecular formula is C24H19BrN4O4S2. The summed E-state index contributed by atoms with van der Waals surface area (Å²) in [5.74, 6) is -1.02. The number of thiophene rings is 1. The molecule has 35 heavy (non-hydrogen) atoms. The van der Waals surface area contributed by atoms with Crippen molar-refractivity contribution in [1.82, 2.24) is 4.98 Å². The molecule has 4 rings (SSSR count). The van der Waals surface area contributed by atoms with E-state index in [2.05, 4.69) is 31.5 Å². The highest BCUT2D eigenvalue weighted by atomic mass is 79.9. The summed E-state index contributed by atoms with van der Waals surface area (Å²) in [5.41, 5.74) is 7.69. The Morgan fingerprint density at radius 3 is 2.51 bits per heavy atom. The van der Waals surface area contributed by atoms with Crippen molar-refractivity contribution in [3.63, 3.8) is 0 Å². The van der Waals surface area contributed by atoms with Crippen molar-refractivity contribution >= 4 is 67.1 Å². The quantitative estimate of drug-likeness (QED) is 0.241. The van der Waals surface area contributed by atoms with Gasteiger partial charge in [-0.05, 0) is 57.9 Å². The molecule has 8 nitrogen and oxygen atoms in total. The number of carbonyl (C=O) groups excluding carboxylic acids is 3. The number of nitrogens with zero attached hydrogens (tertiary/aromatic N) is 1. The van der Waals surface area contributed by atoms with Gasteiger partial charge in [0.2, 0.25) is 11.8 Å². The van der Waals surface area contributed by atoms with Crippen LogP contribution in [0.2, 0.25) is 0 Å². The minimum Gasteiger partial charge on any atom is -0.508 e. The monoisotopic (exact) mass is 570 g/mol. The van der Waals surface area contributed by atoms with Crippen LogP contribution in [-0.2, 0) is 22.4 Å². The maximum Gasteiger partial charge on any atom is 0.257 e. The van der Waals surface area contributed by atoms with Crippen LogP contribution >= 0.6 is 38.6 Å². The Balaban J connectivity index is 1.34. The van der Waals surface area contributed by atoms with E-state index in [0.717, 1.165) is 19.8 Å². The Kier molecular flexibility index (Phi) is 7.59. The van der Waals surface area contributed by atoms with Crippen molar-refractivity contribution in [2.75, 3.05) is 10.6 Å². The first kappa shape index (κ1) is 24.6. The first-order chi connectivity index (χ1) is 16.8. The summed E-state index contributed by atoms with van der Waals surface area (Å²) in [6, 6.07) is 15.3. The van der Waals surface area contributed by atoms with Gasteiger partial charge < -0.3 is 16.2 Å². The van der Waals surface area contributed by atoms with Crippen LogP contribution in [0.25, 0.3) is 10.4 Å². The molecule has 2 aromatic carbocycles. The number of carbonyl (C=O) groups is 3. The molecule has 0 fully saturated rings. The van der Waals surface area contributed by atoms with Gasteiger partial charge in [-0.2, -0.15) is 0 Å². The van der Waals surface area contributed by atoms with Crippen molar-refractivity contribution in [1.29, 1.82) is 0 Å². The van der Waals surface area contributed by atoms with Gasteiger partial charge in [-0.3, -0.25) is 19.7 Å². The number of rotatable bonds is 8. The summed E-state index contributed by atoms with van der Waals surface area (Å²) in [5, 5.41) is 17.1. The van der Waals surface area contributed by atoms with Gasteiger partial charge in [-0.1, -0.05) is 18.2 Å². The molecule has 0 saturated heterocycles. The molecule has 3 amide bonds. The predicted molar refractivity (Wildman–Crippen MR) is 141 cm³/mol. The fourth-order valence-corrected chi connectivity index (χ4v) is 5.88. The highest BCUT2D eigenvalue weighted by Gasteiger charge is 2.13. The van der Waals surface area contributed by atoms with Gasteiger partial charge in [0.05, 0.1) is 18.5 Å². The molecule has 11 heteroatoms. The van der Waals surface area contributed by atoms with Crippen LogP contribution in [0.5, 0.6) is 5.75 Å². The zero-order chi connectivity index (χ0) is 24.9. The molecule has 2 heterocycles. The van der Waals surface area contributed by atoms with Crippen molar-refractivity contribution < 1.29 is 19.5 Å².